The third-order valence-electron chi connectivity index (χ3n) is 6.16. The smallest absolute Gasteiger partial charge is 0.180 e. The highest BCUT2D eigenvalue weighted by atomic mass is 16.5. The summed E-state index contributed by atoms with van der Waals surface area (Å²) in [5.41, 5.74) is 6.73. The van der Waals surface area contributed by atoms with Crippen LogP contribution in [0.2, 0.25) is 0 Å². The monoisotopic (exact) mass is 378 g/mol. The molecular weight excluding hydrogens is 352 g/mol. The summed E-state index contributed by atoms with van der Waals surface area (Å²) < 4.78 is 17.6. The van der Waals surface area contributed by atoms with E-state index < -0.39 is 0 Å². The van der Waals surface area contributed by atoms with E-state index in [1.165, 1.54) is 19.3 Å². The summed E-state index contributed by atoms with van der Waals surface area (Å²) in [5.74, 6) is 2.57. The lowest BCUT2D eigenvalue weighted by Gasteiger charge is -2.50. The van der Waals surface area contributed by atoms with E-state index >= 15 is 0 Å². The van der Waals surface area contributed by atoms with Crippen molar-refractivity contribution in [1.82, 2.24) is 10.4 Å². The molecule has 1 spiro atoms. The van der Waals surface area contributed by atoms with Crippen molar-refractivity contribution in [2.24, 2.45) is 0 Å². The van der Waals surface area contributed by atoms with Crippen molar-refractivity contribution < 1.29 is 14.2 Å². The molecule has 1 atom stereocenters. The first kappa shape index (κ1) is 17.4. The second-order valence-corrected chi connectivity index (χ2v) is 7.72. The third-order valence-corrected chi connectivity index (χ3v) is 6.16. The second-order valence-electron chi connectivity index (χ2n) is 7.72. The van der Waals surface area contributed by atoms with Crippen LogP contribution < -0.4 is 19.6 Å². The largest absolute Gasteiger partial charge is 0.497 e. The Kier molecular flexibility index (Phi) is 4.20. The number of benzene rings is 2. The topological polar surface area (TPSA) is 43.0 Å². The zero-order chi connectivity index (χ0) is 19.1. The maximum atomic E-state index is 6.70. The van der Waals surface area contributed by atoms with E-state index in [4.69, 9.17) is 14.2 Å². The molecule has 28 heavy (non-hydrogen) atoms. The molecule has 5 rings (SSSR count). The fraction of sp³-hybridized carbons (Fsp3) is 0.391. The lowest BCUT2D eigenvalue weighted by Crippen LogP contribution is -2.60. The van der Waals surface area contributed by atoms with Gasteiger partial charge in [0, 0.05) is 18.4 Å². The maximum Gasteiger partial charge on any atom is 0.180 e. The van der Waals surface area contributed by atoms with Gasteiger partial charge < -0.3 is 19.6 Å². The zero-order valence-electron chi connectivity index (χ0n) is 16.4. The summed E-state index contributed by atoms with van der Waals surface area (Å²) in [6, 6.07) is 14.5. The third kappa shape index (κ3) is 2.65. The molecule has 3 aliphatic rings. The van der Waals surface area contributed by atoms with E-state index in [9.17, 15) is 0 Å². The number of hydrogen-bond acceptors (Lipinski definition) is 5. The van der Waals surface area contributed by atoms with Crippen LogP contribution in [0.5, 0.6) is 17.2 Å². The Labute approximate surface area is 165 Å². The highest BCUT2D eigenvalue weighted by Gasteiger charge is 2.51. The van der Waals surface area contributed by atoms with Gasteiger partial charge in [-0.25, -0.2) is 0 Å². The highest BCUT2D eigenvalue weighted by Crippen LogP contribution is 2.52. The van der Waals surface area contributed by atoms with Gasteiger partial charge in [-0.15, -0.1) is 0 Å². The molecule has 2 aliphatic heterocycles. The Balaban J connectivity index is 1.58. The zero-order valence-corrected chi connectivity index (χ0v) is 16.4. The van der Waals surface area contributed by atoms with E-state index in [0.29, 0.717) is 0 Å². The van der Waals surface area contributed by atoms with Gasteiger partial charge in [-0.3, -0.25) is 0 Å². The van der Waals surface area contributed by atoms with Crippen LogP contribution in [0.1, 0.15) is 49.3 Å². The lowest BCUT2D eigenvalue weighted by molar-refractivity contribution is -0.151. The van der Waals surface area contributed by atoms with Crippen LogP contribution >= 0.6 is 0 Å². The number of ether oxygens (including phenoxy) is 3. The Morgan fingerprint density at radius 2 is 1.79 bits per heavy atom. The molecule has 0 amide bonds. The molecule has 1 N–H and O–H groups in total. The molecule has 2 heterocycles. The minimum Gasteiger partial charge on any atom is -0.497 e. The number of methoxy groups -OCH3 is 2. The second kappa shape index (κ2) is 6.74. The van der Waals surface area contributed by atoms with Crippen LogP contribution in [0, 0.1) is 0 Å². The lowest BCUT2D eigenvalue weighted by atomic mass is 9.87. The molecular formula is C23H26N2O3. The van der Waals surface area contributed by atoms with E-state index in [2.05, 4.69) is 34.7 Å². The van der Waals surface area contributed by atoms with Crippen molar-refractivity contribution in [3.8, 4) is 17.2 Å². The number of para-hydroxylation sites is 1. The molecule has 0 saturated heterocycles. The van der Waals surface area contributed by atoms with Gasteiger partial charge in [-0.1, -0.05) is 18.6 Å². The van der Waals surface area contributed by atoms with Crippen LogP contribution in [0.4, 0.5) is 0 Å². The maximum absolute atomic E-state index is 6.70. The quantitative estimate of drug-likeness (QED) is 0.841. The number of nitrogens with zero attached hydrogens (tertiary/aromatic N) is 1. The minimum atomic E-state index is -0.338. The van der Waals surface area contributed by atoms with Gasteiger partial charge in [0.25, 0.3) is 0 Å². The van der Waals surface area contributed by atoms with Crippen LogP contribution in [-0.4, -0.2) is 25.0 Å². The molecule has 5 nitrogen and oxygen atoms in total. The normalized spacial score (nSPS) is 22.5. The Morgan fingerprint density at radius 1 is 1.00 bits per heavy atom. The molecule has 0 unspecified atom stereocenters. The van der Waals surface area contributed by atoms with Crippen LogP contribution in [0.25, 0.3) is 5.70 Å². The average Bonchev–Trinajstić information content (AvgIpc) is 3.21. The van der Waals surface area contributed by atoms with Gasteiger partial charge in [-0.2, -0.15) is 5.01 Å². The van der Waals surface area contributed by atoms with Crippen molar-refractivity contribution in [2.75, 3.05) is 14.2 Å². The summed E-state index contributed by atoms with van der Waals surface area (Å²) in [4.78, 5) is 0. The molecule has 1 fully saturated rings. The molecule has 146 valence electrons. The molecule has 1 saturated carbocycles. The molecule has 0 bridgehead atoms. The van der Waals surface area contributed by atoms with Gasteiger partial charge in [0.1, 0.15) is 5.75 Å². The summed E-state index contributed by atoms with van der Waals surface area (Å²) in [7, 11) is 3.40. The minimum absolute atomic E-state index is 0.119. The summed E-state index contributed by atoms with van der Waals surface area (Å²) in [6.07, 6.45) is 7.94. The van der Waals surface area contributed by atoms with E-state index in [0.717, 1.165) is 46.9 Å². The van der Waals surface area contributed by atoms with Crippen LogP contribution in [-0.2, 0) is 0 Å². The number of fused-ring (bicyclic) bond motifs is 4. The molecule has 0 radical (unpaired) electrons. The number of hydrazine groups is 1. The fourth-order valence-corrected chi connectivity index (χ4v) is 4.71. The summed E-state index contributed by atoms with van der Waals surface area (Å²) in [5, 5.41) is 2.33. The van der Waals surface area contributed by atoms with Gasteiger partial charge in [0.15, 0.2) is 17.2 Å². The van der Waals surface area contributed by atoms with Gasteiger partial charge in [0.2, 0.25) is 0 Å². The SMILES string of the molecule is COc1ccc(C2=C[C@@H]3c4cccc(OC)c4OC4(CCCCC4)N3N2)cc1. The first-order chi connectivity index (χ1) is 13.7. The van der Waals surface area contributed by atoms with E-state index in [1.807, 2.05) is 24.3 Å². The predicted molar refractivity (Wildman–Crippen MR) is 108 cm³/mol. The van der Waals surface area contributed by atoms with Crippen LogP contribution in [0.3, 0.4) is 0 Å². The van der Waals surface area contributed by atoms with Gasteiger partial charge in [0.05, 0.1) is 26.0 Å². The molecule has 2 aromatic carbocycles. The fourth-order valence-electron chi connectivity index (χ4n) is 4.71. The van der Waals surface area contributed by atoms with Gasteiger partial charge >= 0.3 is 0 Å². The van der Waals surface area contributed by atoms with Crippen LogP contribution in [0.15, 0.2) is 48.5 Å². The van der Waals surface area contributed by atoms with Crippen molar-refractivity contribution in [1.29, 1.82) is 0 Å². The molecule has 5 heteroatoms. The van der Waals surface area contributed by atoms with E-state index in [-0.39, 0.29) is 11.8 Å². The first-order valence-electron chi connectivity index (χ1n) is 10.0. The van der Waals surface area contributed by atoms with Gasteiger partial charge in [-0.05, 0) is 54.8 Å². The Bertz CT molecular complexity index is 901. The van der Waals surface area contributed by atoms with Crippen molar-refractivity contribution in [2.45, 2.75) is 43.9 Å². The van der Waals surface area contributed by atoms with Crippen molar-refractivity contribution >= 4 is 5.70 Å². The van der Waals surface area contributed by atoms with Crippen molar-refractivity contribution in [3.63, 3.8) is 0 Å². The Hall–Kier alpha value is -2.66. The Morgan fingerprint density at radius 3 is 2.50 bits per heavy atom. The number of hydrogen-bond donors (Lipinski definition) is 1. The summed E-state index contributed by atoms with van der Waals surface area (Å²) in [6.45, 7) is 0. The van der Waals surface area contributed by atoms with E-state index in [1.54, 1.807) is 14.2 Å². The predicted octanol–water partition coefficient (Wildman–Crippen LogP) is 4.66. The van der Waals surface area contributed by atoms with Crippen molar-refractivity contribution in [3.05, 3.63) is 59.7 Å². The average molecular weight is 378 g/mol. The summed E-state index contributed by atoms with van der Waals surface area (Å²) >= 11 is 0. The standard InChI is InChI=1S/C23H26N2O3/c1-26-17-11-9-16(10-12-17)19-15-20-18-7-6-8-21(27-2)22(18)28-23(25(20)24-19)13-4-3-5-14-23/h6-12,15,20,24H,3-5,13-14H2,1-2H3/t20-/m1/s1. The number of rotatable bonds is 3. The molecule has 1 aliphatic carbocycles. The molecule has 2 aromatic rings. The number of nitrogens with one attached hydrogen (secondary N) is 1. The first-order valence-corrected chi connectivity index (χ1v) is 10.0. The highest BCUT2D eigenvalue weighted by molar-refractivity contribution is 5.68. The molecule has 0 aromatic heterocycles.